The quantitative estimate of drug-likeness (QED) is 0.498. The third-order valence-electron chi connectivity index (χ3n) is 3.69. The topological polar surface area (TPSA) is 0 Å². The SMILES string of the molecule is Cl[Si](/C=C/c1ccccc1)(c1ccccc1)c1ccccc1. The molecule has 0 aromatic heterocycles. The molecule has 0 fully saturated rings. The fourth-order valence-corrected chi connectivity index (χ4v) is 5.94. The number of hydrogen-bond donors (Lipinski definition) is 0. The summed E-state index contributed by atoms with van der Waals surface area (Å²) in [7, 11) is -2.39. The Hall–Kier alpha value is -2.09. The van der Waals surface area contributed by atoms with Crippen LogP contribution in [0.4, 0.5) is 0 Å². The van der Waals surface area contributed by atoms with Gasteiger partial charge in [-0.25, -0.2) is 0 Å². The third-order valence-corrected chi connectivity index (χ3v) is 8.35. The maximum Gasteiger partial charge on any atom is 0.240 e. The van der Waals surface area contributed by atoms with Gasteiger partial charge >= 0.3 is 0 Å². The van der Waals surface area contributed by atoms with Crippen molar-refractivity contribution in [1.82, 2.24) is 0 Å². The van der Waals surface area contributed by atoms with Crippen LogP contribution in [0.2, 0.25) is 0 Å². The molecule has 0 unspecified atom stereocenters. The van der Waals surface area contributed by atoms with Gasteiger partial charge in [-0.05, 0) is 15.9 Å². The Morgan fingerprint density at radius 2 is 1.00 bits per heavy atom. The van der Waals surface area contributed by atoms with Crippen molar-refractivity contribution in [2.45, 2.75) is 0 Å². The van der Waals surface area contributed by atoms with Gasteiger partial charge in [-0.1, -0.05) is 103 Å². The zero-order valence-electron chi connectivity index (χ0n) is 12.2. The lowest BCUT2D eigenvalue weighted by Crippen LogP contribution is -2.52. The van der Waals surface area contributed by atoms with Crippen LogP contribution in [0.25, 0.3) is 6.08 Å². The Bertz CT molecular complexity index is 697. The monoisotopic (exact) mass is 320 g/mol. The Balaban J connectivity index is 2.06. The van der Waals surface area contributed by atoms with E-state index >= 15 is 0 Å². The van der Waals surface area contributed by atoms with Crippen molar-refractivity contribution in [2.24, 2.45) is 0 Å². The highest BCUT2D eigenvalue weighted by Crippen LogP contribution is 2.15. The molecule has 0 saturated heterocycles. The number of rotatable bonds is 4. The van der Waals surface area contributed by atoms with Gasteiger partial charge in [0.1, 0.15) is 0 Å². The third kappa shape index (κ3) is 3.21. The van der Waals surface area contributed by atoms with Crippen molar-refractivity contribution in [3.63, 3.8) is 0 Å². The Kier molecular flexibility index (Phi) is 4.57. The van der Waals surface area contributed by atoms with E-state index in [4.69, 9.17) is 11.1 Å². The molecule has 0 radical (unpaired) electrons. The van der Waals surface area contributed by atoms with Gasteiger partial charge < -0.3 is 0 Å². The van der Waals surface area contributed by atoms with Crippen molar-refractivity contribution in [3.05, 3.63) is 102 Å². The maximum absolute atomic E-state index is 7.19. The first-order chi connectivity index (χ1) is 10.8. The lowest BCUT2D eigenvalue weighted by molar-refractivity contribution is 1.66. The smallest absolute Gasteiger partial charge is 0.149 e. The first-order valence-corrected chi connectivity index (χ1v) is 10.4. The van der Waals surface area contributed by atoms with Gasteiger partial charge in [0.25, 0.3) is 0 Å². The van der Waals surface area contributed by atoms with Gasteiger partial charge in [-0.2, -0.15) is 0 Å². The first kappa shape index (κ1) is 14.8. The van der Waals surface area contributed by atoms with Crippen LogP contribution in [0.15, 0.2) is 96.7 Å². The summed E-state index contributed by atoms with van der Waals surface area (Å²) in [6.07, 6.45) is 2.14. The summed E-state index contributed by atoms with van der Waals surface area (Å²) in [6.45, 7) is 0. The second kappa shape index (κ2) is 6.78. The molecule has 0 atom stereocenters. The highest BCUT2D eigenvalue weighted by atomic mass is 35.6. The molecule has 0 nitrogen and oxygen atoms in total. The molecule has 108 valence electrons. The molecule has 0 saturated carbocycles. The molecule has 0 amide bonds. The summed E-state index contributed by atoms with van der Waals surface area (Å²) in [4.78, 5) is 0. The standard InChI is InChI=1S/C20H17ClSi/c21-22(19-12-6-2-7-13-19,20-14-8-3-9-15-20)17-16-18-10-4-1-5-11-18/h1-17H/b17-16+. The van der Waals surface area contributed by atoms with Crippen molar-refractivity contribution in [3.8, 4) is 0 Å². The molecule has 3 aromatic carbocycles. The molecular formula is C20H17ClSi. The molecule has 2 heteroatoms. The van der Waals surface area contributed by atoms with Gasteiger partial charge in [0.2, 0.25) is 7.38 Å². The summed E-state index contributed by atoms with van der Waals surface area (Å²) in [5.74, 6) is 0. The minimum absolute atomic E-state index is 1.17. The van der Waals surface area contributed by atoms with Crippen LogP contribution in [0.5, 0.6) is 0 Å². The van der Waals surface area contributed by atoms with Crippen molar-refractivity contribution < 1.29 is 0 Å². The van der Waals surface area contributed by atoms with E-state index in [0.717, 1.165) is 0 Å². The minimum atomic E-state index is -2.39. The highest BCUT2D eigenvalue weighted by molar-refractivity contribution is 7.36. The fourth-order valence-electron chi connectivity index (χ4n) is 2.50. The molecule has 3 rings (SSSR count). The van der Waals surface area contributed by atoms with E-state index < -0.39 is 7.38 Å². The molecule has 0 aliphatic rings. The maximum atomic E-state index is 7.19. The summed E-state index contributed by atoms with van der Waals surface area (Å²) in [6, 6.07) is 31.1. The second-order valence-electron chi connectivity index (χ2n) is 5.19. The Morgan fingerprint density at radius 1 is 0.591 bits per heavy atom. The molecule has 0 N–H and O–H groups in total. The van der Waals surface area contributed by atoms with Crippen LogP contribution < -0.4 is 10.4 Å². The lowest BCUT2D eigenvalue weighted by Gasteiger charge is -2.22. The molecule has 3 aromatic rings. The Labute approximate surface area is 137 Å². The van der Waals surface area contributed by atoms with Gasteiger partial charge in [-0.15, -0.1) is 11.1 Å². The molecule has 0 aliphatic carbocycles. The largest absolute Gasteiger partial charge is 0.240 e. The van der Waals surface area contributed by atoms with E-state index in [1.807, 2.05) is 30.3 Å². The van der Waals surface area contributed by atoms with Crippen LogP contribution in [-0.4, -0.2) is 7.38 Å². The summed E-state index contributed by atoms with van der Waals surface area (Å²) < 4.78 is 0. The van der Waals surface area contributed by atoms with E-state index in [9.17, 15) is 0 Å². The van der Waals surface area contributed by atoms with Gasteiger partial charge in [0, 0.05) is 0 Å². The lowest BCUT2D eigenvalue weighted by atomic mass is 10.2. The molecule has 0 aliphatic heterocycles. The van der Waals surface area contributed by atoms with Gasteiger partial charge in [0.05, 0.1) is 0 Å². The molecule has 0 heterocycles. The van der Waals surface area contributed by atoms with Crippen molar-refractivity contribution >= 4 is 34.9 Å². The van der Waals surface area contributed by atoms with E-state index in [1.54, 1.807) is 0 Å². The zero-order valence-corrected chi connectivity index (χ0v) is 13.9. The zero-order chi connectivity index (χ0) is 15.3. The van der Waals surface area contributed by atoms with E-state index in [0.29, 0.717) is 0 Å². The summed E-state index contributed by atoms with van der Waals surface area (Å²) in [5.41, 5.74) is 3.38. The van der Waals surface area contributed by atoms with Crippen molar-refractivity contribution in [2.75, 3.05) is 0 Å². The molecular weight excluding hydrogens is 304 g/mol. The average molecular weight is 321 g/mol. The normalized spacial score (nSPS) is 11.7. The van der Waals surface area contributed by atoms with E-state index in [2.05, 4.69) is 72.4 Å². The average Bonchev–Trinajstić information content (AvgIpc) is 2.62. The fraction of sp³-hybridized carbons (Fsp3) is 0. The summed E-state index contributed by atoms with van der Waals surface area (Å²) >= 11 is 7.19. The predicted octanol–water partition coefficient (Wildman–Crippen LogP) is 4.24. The molecule has 0 spiro atoms. The predicted molar refractivity (Wildman–Crippen MR) is 99.2 cm³/mol. The number of halogens is 1. The first-order valence-electron chi connectivity index (χ1n) is 7.33. The highest BCUT2D eigenvalue weighted by Gasteiger charge is 2.32. The van der Waals surface area contributed by atoms with E-state index in [-0.39, 0.29) is 0 Å². The van der Waals surface area contributed by atoms with E-state index in [1.165, 1.54) is 15.9 Å². The number of benzene rings is 3. The van der Waals surface area contributed by atoms with Crippen LogP contribution in [0.3, 0.4) is 0 Å². The second-order valence-corrected chi connectivity index (χ2v) is 9.89. The van der Waals surface area contributed by atoms with Crippen LogP contribution in [0.1, 0.15) is 5.56 Å². The minimum Gasteiger partial charge on any atom is -0.149 e. The number of hydrogen-bond acceptors (Lipinski definition) is 0. The van der Waals surface area contributed by atoms with Crippen molar-refractivity contribution in [1.29, 1.82) is 0 Å². The Morgan fingerprint density at radius 3 is 1.45 bits per heavy atom. The molecule has 0 bridgehead atoms. The van der Waals surface area contributed by atoms with Crippen LogP contribution in [0, 0.1) is 0 Å². The molecule has 22 heavy (non-hydrogen) atoms. The van der Waals surface area contributed by atoms with Crippen LogP contribution >= 0.6 is 11.1 Å². The van der Waals surface area contributed by atoms with Gasteiger partial charge in [0.15, 0.2) is 0 Å². The summed E-state index contributed by atoms with van der Waals surface area (Å²) in [5, 5.41) is 2.41. The van der Waals surface area contributed by atoms with Crippen LogP contribution in [-0.2, 0) is 0 Å². The van der Waals surface area contributed by atoms with Gasteiger partial charge in [-0.3, -0.25) is 0 Å².